The number of nitrogens with zero attached hydrogens (tertiary/aromatic N) is 3. The zero-order chi connectivity index (χ0) is 14.0. The van der Waals surface area contributed by atoms with Crippen molar-refractivity contribution in [3.63, 3.8) is 0 Å². The van der Waals surface area contributed by atoms with Crippen LogP contribution < -0.4 is 10.9 Å². The fourth-order valence-electron chi connectivity index (χ4n) is 1.61. The third-order valence-corrected chi connectivity index (χ3v) is 2.61. The summed E-state index contributed by atoms with van der Waals surface area (Å²) in [5.74, 6) is -0.329. The van der Waals surface area contributed by atoms with E-state index in [9.17, 15) is 19.7 Å². The molecule has 0 saturated heterocycles. The van der Waals surface area contributed by atoms with Crippen LogP contribution in [0, 0.1) is 10.1 Å². The van der Waals surface area contributed by atoms with E-state index in [1.54, 1.807) is 0 Å². The minimum Gasteiger partial charge on any atom is -0.358 e. The summed E-state index contributed by atoms with van der Waals surface area (Å²) in [4.78, 5) is 37.3. The Hall–Kier alpha value is -2.77. The number of amides is 1. The van der Waals surface area contributed by atoms with Crippen LogP contribution in [0.25, 0.3) is 10.9 Å². The lowest BCUT2D eigenvalue weighted by Crippen LogP contribution is -2.30. The summed E-state index contributed by atoms with van der Waals surface area (Å²) in [6, 6.07) is 3.79. The quantitative estimate of drug-likeness (QED) is 0.621. The summed E-state index contributed by atoms with van der Waals surface area (Å²) in [6.45, 7) is -0.144. The first-order valence-corrected chi connectivity index (χ1v) is 5.37. The van der Waals surface area contributed by atoms with Gasteiger partial charge in [0.05, 0.1) is 22.2 Å². The van der Waals surface area contributed by atoms with Crippen LogP contribution in [-0.2, 0) is 11.3 Å². The zero-order valence-electron chi connectivity index (χ0n) is 9.99. The molecule has 0 aliphatic carbocycles. The lowest BCUT2D eigenvalue weighted by Gasteiger charge is -2.05. The minimum atomic E-state index is -0.558. The maximum atomic E-state index is 12.0. The molecule has 1 amide bonds. The molecule has 0 aliphatic heterocycles. The van der Waals surface area contributed by atoms with Gasteiger partial charge >= 0.3 is 0 Å². The van der Waals surface area contributed by atoms with Crippen LogP contribution in [0.4, 0.5) is 5.69 Å². The molecule has 2 rings (SSSR count). The van der Waals surface area contributed by atoms with Crippen molar-refractivity contribution < 1.29 is 9.72 Å². The number of hydrogen-bond donors (Lipinski definition) is 1. The molecule has 1 N–H and O–H groups in total. The predicted molar refractivity (Wildman–Crippen MR) is 66.7 cm³/mol. The van der Waals surface area contributed by atoms with E-state index >= 15 is 0 Å². The highest BCUT2D eigenvalue weighted by Gasteiger charge is 2.11. The lowest BCUT2D eigenvalue weighted by atomic mass is 10.2. The Balaban J connectivity index is 2.54. The first-order chi connectivity index (χ1) is 9.02. The van der Waals surface area contributed by atoms with Crippen molar-refractivity contribution in [2.24, 2.45) is 0 Å². The van der Waals surface area contributed by atoms with Gasteiger partial charge in [0, 0.05) is 19.2 Å². The number of aromatic nitrogens is 2. The highest BCUT2D eigenvalue weighted by molar-refractivity contribution is 5.80. The molecule has 8 heteroatoms. The molecule has 8 nitrogen and oxygen atoms in total. The molecule has 1 heterocycles. The number of nitro groups is 1. The number of non-ortho nitro benzene ring substituents is 1. The number of rotatable bonds is 3. The number of nitrogens with one attached hydrogen (secondary N) is 1. The molecule has 0 aliphatic rings. The van der Waals surface area contributed by atoms with Crippen LogP contribution in [0.15, 0.2) is 29.3 Å². The number of nitro benzene ring substituents is 1. The van der Waals surface area contributed by atoms with Crippen molar-refractivity contribution in [1.29, 1.82) is 0 Å². The number of hydrogen-bond acceptors (Lipinski definition) is 5. The van der Waals surface area contributed by atoms with Gasteiger partial charge in [0.25, 0.3) is 11.2 Å². The van der Waals surface area contributed by atoms with Gasteiger partial charge in [-0.05, 0) is 6.07 Å². The number of likely N-dealkylation sites (N-methyl/N-ethyl adjacent to an activating group) is 1. The Morgan fingerprint density at radius 1 is 1.53 bits per heavy atom. The minimum absolute atomic E-state index is 0.136. The fourth-order valence-corrected chi connectivity index (χ4v) is 1.61. The van der Waals surface area contributed by atoms with Crippen molar-refractivity contribution in [2.75, 3.05) is 7.05 Å². The molecule has 0 saturated carbocycles. The monoisotopic (exact) mass is 262 g/mol. The largest absolute Gasteiger partial charge is 0.358 e. The van der Waals surface area contributed by atoms with E-state index in [0.717, 1.165) is 4.57 Å². The second-order valence-electron chi connectivity index (χ2n) is 3.81. The van der Waals surface area contributed by atoms with Crippen molar-refractivity contribution >= 4 is 22.5 Å². The maximum Gasteiger partial charge on any atom is 0.271 e. The molecule has 1 aromatic carbocycles. The summed E-state index contributed by atoms with van der Waals surface area (Å²) in [5.41, 5.74) is -0.320. The summed E-state index contributed by atoms with van der Waals surface area (Å²) in [6.07, 6.45) is 1.20. The van der Waals surface area contributed by atoms with Gasteiger partial charge in [-0.2, -0.15) is 0 Å². The van der Waals surface area contributed by atoms with E-state index in [0.29, 0.717) is 0 Å². The summed E-state index contributed by atoms with van der Waals surface area (Å²) >= 11 is 0. The maximum absolute atomic E-state index is 12.0. The normalized spacial score (nSPS) is 10.4. The van der Waals surface area contributed by atoms with Gasteiger partial charge in [0.15, 0.2) is 0 Å². The molecule has 2 aromatic rings. The molecular formula is C11H10N4O4. The number of benzene rings is 1. The van der Waals surface area contributed by atoms with Gasteiger partial charge in [0.1, 0.15) is 6.54 Å². The van der Waals surface area contributed by atoms with E-state index < -0.39 is 10.5 Å². The van der Waals surface area contributed by atoms with Crippen LogP contribution in [0.5, 0.6) is 0 Å². The molecular weight excluding hydrogens is 252 g/mol. The van der Waals surface area contributed by atoms with Crippen molar-refractivity contribution in [3.05, 3.63) is 45.0 Å². The Labute approximate surface area is 106 Å². The predicted octanol–water partition coefficient (Wildman–Crippen LogP) is 0.0507. The van der Waals surface area contributed by atoms with Gasteiger partial charge in [-0.1, -0.05) is 0 Å². The van der Waals surface area contributed by atoms with Gasteiger partial charge in [-0.15, -0.1) is 0 Å². The van der Waals surface area contributed by atoms with Gasteiger partial charge in [0.2, 0.25) is 5.91 Å². The van der Waals surface area contributed by atoms with E-state index in [-0.39, 0.29) is 29.0 Å². The first-order valence-electron chi connectivity index (χ1n) is 5.37. The topological polar surface area (TPSA) is 107 Å². The molecule has 19 heavy (non-hydrogen) atoms. The smallest absolute Gasteiger partial charge is 0.271 e. The molecule has 0 radical (unpaired) electrons. The number of carbonyl (C=O) groups is 1. The molecule has 0 bridgehead atoms. The molecule has 0 atom stereocenters. The first kappa shape index (κ1) is 12.7. The van der Waals surface area contributed by atoms with Crippen LogP contribution in [-0.4, -0.2) is 27.4 Å². The molecule has 1 aromatic heterocycles. The molecule has 0 spiro atoms. The van der Waals surface area contributed by atoms with E-state index in [1.807, 2.05) is 0 Å². The van der Waals surface area contributed by atoms with Crippen molar-refractivity contribution in [3.8, 4) is 0 Å². The summed E-state index contributed by atoms with van der Waals surface area (Å²) in [5, 5.41) is 13.3. The molecule has 0 unspecified atom stereocenters. The fraction of sp³-hybridized carbons (Fsp3) is 0.182. The highest BCUT2D eigenvalue weighted by atomic mass is 16.6. The Kier molecular flexibility index (Phi) is 3.23. The second kappa shape index (κ2) is 4.84. The van der Waals surface area contributed by atoms with E-state index in [2.05, 4.69) is 10.3 Å². The van der Waals surface area contributed by atoms with Crippen molar-refractivity contribution in [1.82, 2.24) is 14.9 Å². The van der Waals surface area contributed by atoms with Crippen LogP contribution in [0.1, 0.15) is 0 Å². The standard InChI is InChI=1S/C11H10N4O4/c1-12-10(16)5-14-6-13-9-4-7(15(18)19)2-3-8(9)11(14)17/h2-4,6H,5H2,1H3,(H,12,16). The lowest BCUT2D eigenvalue weighted by molar-refractivity contribution is -0.384. The van der Waals surface area contributed by atoms with Gasteiger partial charge in [-0.3, -0.25) is 24.3 Å². The van der Waals surface area contributed by atoms with Crippen LogP contribution >= 0.6 is 0 Å². The van der Waals surface area contributed by atoms with Crippen LogP contribution in [0.2, 0.25) is 0 Å². The summed E-state index contributed by atoms with van der Waals surface area (Å²) < 4.78 is 1.15. The van der Waals surface area contributed by atoms with E-state index in [4.69, 9.17) is 0 Å². The third kappa shape index (κ3) is 2.41. The zero-order valence-corrected chi connectivity index (χ0v) is 9.99. The van der Waals surface area contributed by atoms with Crippen molar-refractivity contribution in [2.45, 2.75) is 6.54 Å². The van der Waals surface area contributed by atoms with E-state index in [1.165, 1.54) is 31.6 Å². The van der Waals surface area contributed by atoms with Gasteiger partial charge < -0.3 is 5.32 Å². The third-order valence-electron chi connectivity index (χ3n) is 2.61. The second-order valence-corrected chi connectivity index (χ2v) is 3.81. The van der Waals surface area contributed by atoms with Crippen LogP contribution in [0.3, 0.4) is 0 Å². The molecule has 0 fully saturated rings. The number of fused-ring (bicyclic) bond motifs is 1. The average molecular weight is 262 g/mol. The summed E-state index contributed by atoms with van der Waals surface area (Å²) in [7, 11) is 1.46. The number of carbonyl (C=O) groups excluding carboxylic acids is 1. The SMILES string of the molecule is CNC(=O)Cn1cnc2cc([N+](=O)[O-])ccc2c1=O. The molecule has 98 valence electrons. The Morgan fingerprint density at radius 3 is 2.89 bits per heavy atom. The Bertz CT molecular complexity index is 722. The van der Waals surface area contributed by atoms with Gasteiger partial charge in [-0.25, -0.2) is 4.98 Å². The Morgan fingerprint density at radius 2 is 2.26 bits per heavy atom. The highest BCUT2D eigenvalue weighted by Crippen LogP contribution is 2.16. The average Bonchev–Trinajstić information content (AvgIpc) is 2.41.